The average Bonchev–Trinajstić information content (AvgIpc) is 3.01. The zero-order chi connectivity index (χ0) is 16.1. The number of methoxy groups -OCH3 is 1. The Bertz CT molecular complexity index is 588. The summed E-state index contributed by atoms with van der Waals surface area (Å²) in [5.74, 6) is -0.776. The molecule has 1 aliphatic rings. The van der Waals surface area contributed by atoms with Crippen molar-refractivity contribution < 1.29 is 19.1 Å². The van der Waals surface area contributed by atoms with Gasteiger partial charge in [0.15, 0.2) is 0 Å². The van der Waals surface area contributed by atoms with Crippen LogP contribution in [0.4, 0.5) is 0 Å². The molecule has 0 aliphatic carbocycles. The van der Waals surface area contributed by atoms with Crippen LogP contribution in [0.1, 0.15) is 35.8 Å². The molecule has 1 fully saturated rings. The van der Waals surface area contributed by atoms with Crippen molar-refractivity contribution in [3.05, 3.63) is 29.6 Å². The number of carbonyl (C=O) groups is 3. The second kappa shape index (κ2) is 7.02. The van der Waals surface area contributed by atoms with E-state index in [0.717, 1.165) is 6.42 Å². The summed E-state index contributed by atoms with van der Waals surface area (Å²) in [6, 6.07) is 2.71. The van der Waals surface area contributed by atoms with E-state index in [4.69, 9.17) is 4.74 Å². The Labute approximate surface area is 128 Å². The lowest BCUT2D eigenvalue weighted by Gasteiger charge is -2.22. The second-order valence-corrected chi connectivity index (χ2v) is 5.13. The van der Waals surface area contributed by atoms with E-state index in [1.165, 1.54) is 25.1 Å². The molecule has 1 unspecified atom stereocenters. The summed E-state index contributed by atoms with van der Waals surface area (Å²) in [5.41, 5.74) is 1.04. The largest absolute Gasteiger partial charge is 0.467 e. The first-order valence-electron chi connectivity index (χ1n) is 7.11. The molecule has 1 aromatic rings. The van der Waals surface area contributed by atoms with Crippen LogP contribution < -0.4 is 5.32 Å². The van der Waals surface area contributed by atoms with Gasteiger partial charge in [0.25, 0.3) is 5.91 Å². The molecule has 1 N–H and O–H groups in total. The number of ether oxygens (including phenoxy) is 1. The van der Waals surface area contributed by atoms with Gasteiger partial charge < -0.3 is 15.0 Å². The van der Waals surface area contributed by atoms with Crippen molar-refractivity contribution in [2.45, 2.75) is 32.4 Å². The van der Waals surface area contributed by atoms with Crippen molar-refractivity contribution in [2.75, 3.05) is 13.7 Å². The Morgan fingerprint density at radius 2 is 2.23 bits per heavy atom. The molecule has 0 spiro atoms. The SMILES string of the molecule is COC(=O)C1CCCN1C(=O)c1ccnc(CNC(C)=O)c1. The summed E-state index contributed by atoms with van der Waals surface area (Å²) >= 11 is 0. The van der Waals surface area contributed by atoms with Crippen molar-refractivity contribution in [1.82, 2.24) is 15.2 Å². The highest BCUT2D eigenvalue weighted by atomic mass is 16.5. The number of hydrogen-bond acceptors (Lipinski definition) is 5. The summed E-state index contributed by atoms with van der Waals surface area (Å²) < 4.78 is 4.75. The van der Waals surface area contributed by atoms with Crippen LogP contribution in [0.3, 0.4) is 0 Å². The number of nitrogens with zero attached hydrogens (tertiary/aromatic N) is 2. The fourth-order valence-corrected chi connectivity index (χ4v) is 2.48. The Kier molecular flexibility index (Phi) is 5.08. The molecule has 7 heteroatoms. The van der Waals surface area contributed by atoms with Crippen LogP contribution in [0.5, 0.6) is 0 Å². The van der Waals surface area contributed by atoms with Gasteiger partial charge in [0.2, 0.25) is 5.91 Å². The lowest BCUT2D eigenvalue weighted by Crippen LogP contribution is -2.41. The van der Waals surface area contributed by atoms with Gasteiger partial charge in [0.05, 0.1) is 19.3 Å². The molecule has 2 heterocycles. The van der Waals surface area contributed by atoms with Crippen LogP contribution in [0.2, 0.25) is 0 Å². The highest BCUT2D eigenvalue weighted by Gasteiger charge is 2.35. The minimum absolute atomic E-state index is 0.163. The Morgan fingerprint density at radius 3 is 2.91 bits per heavy atom. The minimum Gasteiger partial charge on any atom is -0.467 e. The second-order valence-electron chi connectivity index (χ2n) is 5.13. The molecule has 118 valence electrons. The Morgan fingerprint density at radius 1 is 1.45 bits per heavy atom. The minimum atomic E-state index is -0.524. The molecule has 0 saturated carbocycles. The zero-order valence-corrected chi connectivity index (χ0v) is 12.7. The lowest BCUT2D eigenvalue weighted by atomic mass is 10.1. The molecule has 2 amide bonds. The first-order chi connectivity index (χ1) is 10.5. The van der Waals surface area contributed by atoms with Gasteiger partial charge in [0.1, 0.15) is 6.04 Å². The van der Waals surface area contributed by atoms with Crippen LogP contribution in [0.25, 0.3) is 0 Å². The van der Waals surface area contributed by atoms with E-state index >= 15 is 0 Å². The van der Waals surface area contributed by atoms with Gasteiger partial charge in [-0.15, -0.1) is 0 Å². The van der Waals surface area contributed by atoms with Gasteiger partial charge in [0, 0.05) is 25.2 Å². The number of likely N-dealkylation sites (tertiary alicyclic amines) is 1. The van der Waals surface area contributed by atoms with Crippen molar-refractivity contribution in [3.8, 4) is 0 Å². The van der Waals surface area contributed by atoms with E-state index in [9.17, 15) is 14.4 Å². The highest BCUT2D eigenvalue weighted by molar-refractivity contribution is 5.97. The molecule has 2 rings (SSSR count). The van der Waals surface area contributed by atoms with Gasteiger partial charge in [-0.3, -0.25) is 14.6 Å². The summed E-state index contributed by atoms with van der Waals surface area (Å²) in [4.78, 5) is 40.9. The van der Waals surface area contributed by atoms with Crippen molar-refractivity contribution in [3.63, 3.8) is 0 Å². The predicted octanol–water partition coefficient (Wildman–Crippen LogP) is 0.495. The first-order valence-corrected chi connectivity index (χ1v) is 7.11. The van der Waals surface area contributed by atoms with Crippen LogP contribution in [-0.4, -0.2) is 47.4 Å². The van der Waals surface area contributed by atoms with Gasteiger partial charge >= 0.3 is 5.97 Å². The van der Waals surface area contributed by atoms with Gasteiger partial charge in [-0.25, -0.2) is 4.79 Å². The van der Waals surface area contributed by atoms with E-state index in [1.54, 1.807) is 12.1 Å². The lowest BCUT2D eigenvalue weighted by molar-refractivity contribution is -0.145. The number of hydrogen-bond donors (Lipinski definition) is 1. The maximum absolute atomic E-state index is 12.6. The fourth-order valence-electron chi connectivity index (χ4n) is 2.48. The molecule has 0 bridgehead atoms. The van der Waals surface area contributed by atoms with E-state index in [1.807, 2.05) is 0 Å². The van der Waals surface area contributed by atoms with Gasteiger partial charge in [-0.2, -0.15) is 0 Å². The van der Waals surface area contributed by atoms with E-state index < -0.39 is 12.0 Å². The fraction of sp³-hybridized carbons (Fsp3) is 0.467. The monoisotopic (exact) mass is 305 g/mol. The highest BCUT2D eigenvalue weighted by Crippen LogP contribution is 2.21. The Balaban J connectivity index is 2.13. The zero-order valence-electron chi connectivity index (χ0n) is 12.7. The number of carbonyl (C=O) groups excluding carboxylic acids is 3. The van der Waals surface area contributed by atoms with Crippen LogP contribution in [0.15, 0.2) is 18.3 Å². The summed E-state index contributed by atoms with van der Waals surface area (Å²) in [6.07, 6.45) is 2.91. The predicted molar refractivity (Wildman–Crippen MR) is 77.8 cm³/mol. The molecule has 22 heavy (non-hydrogen) atoms. The third-order valence-corrected chi connectivity index (χ3v) is 3.57. The maximum Gasteiger partial charge on any atom is 0.328 e. The quantitative estimate of drug-likeness (QED) is 0.818. The molecule has 0 radical (unpaired) electrons. The molecular formula is C15H19N3O4. The van der Waals surface area contributed by atoms with Crippen molar-refractivity contribution >= 4 is 17.8 Å². The molecular weight excluding hydrogens is 286 g/mol. The van der Waals surface area contributed by atoms with Gasteiger partial charge in [-0.1, -0.05) is 0 Å². The molecule has 7 nitrogen and oxygen atoms in total. The first kappa shape index (κ1) is 15.9. The smallest absolute Gasteiger partial charge is 0.328 e. The average molecular weight is 305 g/mol. The third kappa shape index (κ3) is 3.60. The van der Waals surface area contributed by atoms with Crippen LogP contribution in [0, 0.1) is 0 Å². The molecule has 1 aliphatic heterocycles. The van der Waals surface area contributed by atoms with Crippen LogP contribution >= 0.6 is 0 Å². The molecule has 1 atom stereocenters. The number of nitrogens with one attached hydrogen (secondary N) is 1. The third-order valence-electron chi connectivity index (χ3n) is 3.57. The van der Waals surface area contributed by atoms with Gasteiger partial charge in [-0.05, 0) is 25.0 Å². The topological polar surface area (TPSA) is 88.6 Å². The van der Waals surface area contributed by atoms with E-state index in [-0.39, 0.29) is 18.4 Å². The normalized spacial score (nSPS) is 17.2. The summed E-state index contributed by atoms with van der Waals surface area (Å²) in [6.45, 7) is 2.21. The molecule has 0 aromatic carbocycles. The molecule has 1 saturated heterocycles. The number of pyridine rings is 1. The number of esters is 1. The van der Waals surface area contributed by atoms with Crippen LogP contribution in [-0.2, 0) is 20.9 Å². The number of amides is 2. The van der Waals surface area contributed by atoms with E-state index in [2.05, 4.69) is 10.3 Å². The molecule has 1 aromatic heterocycles. The summed E-state index contributed by atoms with van der Waals surface area (Å²) in [5, 5.41) is 2.63. The number of rotatable bonds is 4. The number of aromatic nitrogens is 1. The standard InChI is InChI=1S/C15H19N3O4/c1-10(19)17-9-12-8-11(5-6-16-12)14(20)18-7-3-4-13(18)15(21)22-2/h5-6,8,13H,3-4,7,9H2,1-2H3,(H,17,19). The summed E-state index contributed by atoms with van der Waals surface area (Å²) in [7, 11) is 1.32. The van der Waals surface area contributed by atoms with Crippen molar-refractivity contribution in [1.29, 1.82) is 0 Å². The van der Waals surface area contributed by atoms with Crippen molar-refractivity contribution in [2.24, 2.45) is 0 Å². The Hall–Kier alpha value is -2.44. The van der Waals surface area contributed by atoms with E-state index in [0.29, 0.717) is 24.2 Å². The maximum atomic E-state index is 12.6.